The predicted octanol–water partition coefficient (Wildman–Crippen LogP) is 1.06. The number of urea groups is 1. The molecule has 0 saturated carbocycles. The molecule has 8 nitrogen and oxygen atoms in total. The summed E-state index contributed by atoms with van der Waals surface area (Å²) >= 11 is 0. The molecular weight excluding hydrogens is 344 g/mol. The molecule has 3 amide bonds. The van der Waals surface area contributed by atoms with Crippen LogP contribution in [0.4, 0.5) is 4.79 Å². The van der Waals surface area contributed by atoms with E-state index in [4.69, 9.17) is 5.10 Å². The van der Waals surface area contributed by atoms with E-state index in [0.29, 0.717) is 13.1 Å². The largest absolute Gasteiger partial charge is 0.327 e. The third-order valence-corrected chi connectivity index (χ3v) is 5.82. The molecule has 1 aromatic rings. The zero-order valence-electron chi connectivity index (χ0n) is 16.2. The Balaban J connectivity index is 1.69. The number of rotatable bonds is 3. The van der Waals surface area contributed by atoms with Gasteiger partial charge in [-0.2, -0.15) is 5.10 Å². The number of hydrogen-bond donors (Lipinski definition) is 1. The molecule has 3 aliphatic rings. The van der Waals surface area contributed by atoms with Gasteiger partial charge in [0.1, 0.15) is 12.2 Å². The van der Waals surface area contributed by atoms with Crippen LogP contribution in [0.25, 0.3) is 0 Å². The molecule has 2 saturated heterocycles. The van der Waals surface area contributed by atoms with Gasteiger partial charge in [0, 0.05) is 13.6 Å². The molecule has 3 aliphatic heterocycles. The first-order valence-corrected chi connectivity index (χ1v) is 9.41. The molecule has 27 heavy (non-hydrogen) atoms. The van der Waals surface area contributed by atoms with Crippen molar-refractivity contribution < 1.29 is 9.59 Å². The van der Waals surface area contributed by atoms with Crippen molar-refractivity contribution in [2.45, 2.75) is 51.9 Å². The van der Waals surface area contributed by atoms with Crippen molar-refractivity contribution in [1.29, 1.82) is 0 Å². The fraction of sp³-hybridized carbons (Fsp3) is 0.526. The average Bonchev–Trinajstić information content (AvgIpc) is 3.07. The van der Waals surface area contributed by atoms with E-state index in [1.54, 1.807) is 11.9 Å². The molecule has 0 bridgehead atoms. The van der Waals surface area contributed by atoms with Gasteiger partial charge < -0.3 is 4.90 Å². The second-order valence-corrected chi connectivity index (χ2v) is 7.35. The van der Waals surface area contributed by atoms with Crippen molar-refractivity contribution in [2.75, 3.05) is 13.6 Å². The van der Waals surface area contributed by atoms with Crippen molar-refractivity contribution in [2.24, 2.45) is 5.10 Å². The third-order valence-electron chi connectivity index (χ3n) is 5.82. The van der Waals surface area contributed by atoms with Crippen LogP contribution in [-0.2, 0) is 11.3 Å². The highest BCUT2D eigenvalue weighted by molar-refractivity contribution is 6.01. The maximum absolute atomic E-state index is 13.1. The minimum Gasteiger partial charge on any atom is -0.310 e. The van der Waals surface area contributed by atoms with E-state index in [-0.39, 0.29) is 30.4 Å². The van der Waals surface area contributed by atoms with Crippen LogP contribution in [0.5, 0.6) is 0 Å². The number of benzene rings is 1. The number of fused-ring (bicyclic) bond motifs is 3. The Hall–Kier alpha value is -2.45. The van der Waals surface area contributed by atoms with E-state index in [9.17, 15) is 9.59 Å². The van der Waals surface area contributed by atoms with Gasteiger partial charge in [0.2, 0.25) is 0 Å². The molecule has 4 unspecified atom stereocenters. The first-order valence-electron chi connectivity index (χ1n) is 9.41. The average molecular weight is 370 g/mol. The molecule has 3 heterocycles. The van der Waals surface area contributed by atoms with E-state index in [0.717, 1.165) is 11.3 Å². The summed E-state index contributed by atoms with van der Waals surface area (Å²) in [5, 5.41) is 10.2. The molecule has 0 spiro atoms. The summed E-state index contributed by atoms with van der Waals surface area (Å²) in [6, 6.07) is 9.47. The summed E-state index contributed by atoms with van der Waals surface area (Å²) in [5.41, 5.74) is 2.10. The molecule has 0 aliphatic carbocycles. The van der Waals surface area contributed by atoms with Crippen molar-refractivity contribution in [3.8, 4) is 0 Å². The molecule has 8 heteroatoms. The summed E-state index contributed by atoms with van der Waals surface area (Å²) in [6.45, 7) is 6.89. The number of imide groups is 1. The van der Waals surface area contributed by atoms with E-state index in [1.165, 1.54) is 4.90 Å². The van der Waals surface area contributed by atoms with Crippen LogP contribution in [0.15, 0.2) is 35.4 Å². The van der Waals surface area contributed by atoms with Crippen LogP contribution >= 0.6 is 0 Å². The Bertz CT molecular complexity index is 782. The minimum atomic E-state index is -0.420. The van der Waals surface area contributed by atoms with E-state index >= 15 is 0 Å². The molecule has 0 radical (unpaired) electrons. The number of carbonyl (C=O) groups is 2. The van der Waals surface area contributed by atoms with Crippen molar-refractivity contribution >= 4 is 17.6 Å². The van der Waals surface area contributed by atoms with Crippen LogP contribution in [-0.4, -0.2) is 75.5 Å². The normalized spacial score (nSPS) is 31.1. The van der Waals surface area contributed by atoms with Gasteiger partial charge in [0.25, 0.3) is 5.91 Å². The second-order valence-electron chi connectivity index (χ2n) is 7.35. The zero-order valence-corrected chi connectivity index (χ0v) is 16.2. The highest BCUT2D eigenvalue weighted by Crippen LogP contribution is 2.33. The van der Waals surface area contributed by atoms with Crippen LogP contribution in [0, 0.1) is 0 Å². The maximum atomic E-state index is 13.1. The van der Waals surface area contributed by atoms with Gasteiger partial charge in [0.15, 0.2) is 6.29 Å². The summed E-state index contributed by atoms with van der Waals surface area (Å²) in [5.74, 6) is -0.137. The molecule has 1 N–H and O–H groups in total. The Morgan fingerprint density at radius 1 is 1.19 bits per heavy atom. The smallest absolute Gasteiger partial charge is 0.310 e. The summed E-state index contributed by atoms with van der Waals surface area (Å²) in [4.78, 5) is 30.8. The number of nitrogens with one attached hydrogen (secondary N) is 1. The number of likely N-dealkylation sites (N-methyl/N-ethyl adjacent to an activating group) is 2. The van der Waals surface area contributed by atoms with Crippen LogP contribution in [0.1, 0.15) is 26.3 Å². The summed E-state index contributed by atoms with van der Waals surface area (Å²) in [7, 11) is 1.75. The van der Waals surface area contributed by atoms with Crippen LogP contribution in [0.3, 0.4) is 0 Å². The summed E-state index contributed by atoms with van der Waals surface area (Å²) in [6.07, 6.45) is -0.602. The lowest BCUT2D eigenvalue weighted by Gasteiger charge is -2.44. The number of hydrogen-bond acceptors (Lipinski definition) is 6. The quantitative estimate of drug-likeness (QED) is 0.862. The molecule has 0 aromatic heterocycles. The van der Waals surface area contributed by atoms with Crippen molar-refractivity contribution in [3.05, 3.63) is 35.9 Å². The van der Waals surface area contributed by atoms with E-state index in [1.807, 2.05) is 37.1 Å². The zero-order chi connectivity index (χ0) is 19.3. The lowest BCUT2D eigenvalue weighted by Crippen LogP contribution is -2.67. The summed E-state index contributed by atoms with van der Waals surface area (Å²) < 4.78 is 0. The SMILES string of the molecule is CCN1C(=O)C2C(NC3N(Cc4ccccc4)N=C(C)C(C)N23)N(C)C1=O. The Morgan fingerprint density at radius 3 is 2.56 bits per heavy atom. The first kappa shape index (κ1) is 17.9. The van der Waals surface area contributed by atoms with Gasteiger partial charge in [0.05, 0.1) is 18.3 Å². The lowest BCUT2D eigenvalue weighted by atomic mass is 10.1. The van der Waals surface area contributed by atoms with Gasteiger partial charge in [-0.3, -0.25) is 20.0 Å². The number of amides is 3. The fourth-order valence-electron chi connectivity index (χ4n) is 4.23. The molecule has 4 atom stereocenters. The Morgan fingerprint density at radius 2 is 1.89 bits per heavy atom. The third kappa shape index (κ3) is 2.71. The van der Waals surface area contributed by atoms with Crippen molar-refractivity contribution in [3.63, 3.8) is 0 Å². The molecule has 1 aromatic carbocycles. The topological polar surface area (TPSA) is 71.5 Å². The molecule has 144 valence electrons. The van der Waals surface area contributed by atoms with Gasteiger partial charge >= 0.3 is 6.03 Å². The highest BCUT2D eigenvalue weighted by Gasteiger charge is 2.57. The Labute approximate surface area is 159 Å². The number of hydrazone groups is 1. The monoisotopic (exact) mass is 370 g/mol. The van der Waals surface area contributed by atoms with E-state index in [2.05, 4.69) is 29.3 Å². The second kappa shape index (κ2) is 6.61. The predicted molar refractivity (Wildman–Crippen MR) is 101 cm³/mol. The van der Waals surface area contributed by atoms with Crippen LogP contribution in [0.2, 0.25) is 0 Å². The Kier molecular flexibility index (Phi) is 4.39. The van der Waals surface area contributed by atoms with Gasteiger partial charge in [-0.15, -0.1) is 0 Å². The molecule has 4 rings (SSSR count). The highest BCUT2D eigenvalue weighted by atomic mass is 16.2. The lowest BCUT2D eigenvalue weighted by molar-refractivity contribution is -0.139. The minimum absolute atomic E-state index is 0.00813. The number of nitrogens with zero attached hydrogens (tertiary/aromatic N) is 5. The van der Waals surface area contributed by atoms with E-state index < -0.39 is 6.04 Å². The molecule has 2 fully saturated rings. The van der Waals surface area contributed by atoms with Gasteiger partial charge in [-0.05, 0) is 26.3 Å². The first-order chi connectivity index (χ1) is 12.9. The standard InChI is InChI=1S/C19H26N6O2/c1-5-23-17(26)15-16(22(4)19(23)27)20-18-24(11-14-9-7-6-8-10-14)21-12(2)13(3)25(15)18/h6-10,13,15-16,18,20H,5,11H2,1-4H3. The number of carbonyl (C=O) groups excluding carboxylic acids is 2. The fourth-order valence-corrected chi connectivity index (χ4v) is 4.23. The van der Waals surface area contributed by atoms with Crippen LogP contribution < -0.4 is 5.32 Å². The molecular formula is C19H26N6O2. The van der Waals surface area contributed by atoms with Crippen molar-refractivity contribution in [1.82, 2.24) is 25.0 Å². The van der Waals surface area contributed by atoms with Gasteiger partial charge in [-0.1, -0.05) is 30.3 Å². The van der Waals surface area contributed by atoms with Gasteiger partial charge in [-0.25, -0.2) is 9.69 Å². The maximum Gasteiger partial charge on any atom is 0.327 e.